The van der Waals surface area contributed by atoms with Crippen LogP contribution >= 0.6 is 0 Å². The summed E-state index contributed by atoms with van der Waals surface area (Å²) >= 11 is 0. The third-order valence-corrected chi connectivity index (χ3v) is 4.47. The highest BCUT2D eigenvalue weighted by Crippen LogP contribution is 2.23. The van der Waals surface area contributed by atoms with Gasteiger partial charge >= 0.3 is 0 Å². The van der Waals surface area contributed by atoms with Crippen molar-refractivity contribution in [2.75, 3.05) is 5.32 Å². The predicted molar refractivity (Wildman–Crippen MR) is 110 cm³/mol. The highest BCUT2D eigenvalue weighted by atomic mass is 16.5. The molecule has 2 heterocycles. The van der Waals surface area contributed by atoms with Gasteiger partial charge in [0.2, 0.25) is 5.91 Å². The minimum absolute atomic E-state index is 0.0481. The Bertz CT molecular complexity index is 869. The van der Waals surface area contributed by atoms with E-state index in [0.717, 1.165) is 18.4 Å². The largest absolute Gasteiger partial charge is 0.485 e. The van der Waals surface area contributed by atoms with Gasteiger partial charge in [0.25, 0.3) is 0 Å². The molecular weight excluding hydrogens is 350 g/mol. The Balaban J connectivity index is 1.50. The van der Waals surface area contributed by atoms with E-state index in [2.05, 4.69) is 34.3 Å². The van der Waals surface area contributed by atoms with Gasteiger partial charge in [-0.3, -0.25) is 9.78 Å². The molecule has 1 atom stereocenters. The maximum Gasteiger partial charge on any atom is 0.225 e. The third-order valence-electron chi connectivity index (χ3n) is 4.47. The van der Waals surface area contributed by atoms with Crippen LogP contribution in [0.15, 0.2) is 73.2 Å². The number of nitrogens with zero attached hydrogens (tertiary/aromatic N) is 2. The molecule has 1 N–H and O–H groups in total. The van der Waals surface area contributed by atoms with Gasteiger partial charge in [0.05, 0.1) is 0 Å². The molecule has 5 heteroatoms. The molecule has 0 bridgehead atoms. The highest BCUT2D eigenvalue weighted by Gasteiger charge is 2.13. The second-order valence-corrected chi connectivity index (χ2v) is 6.88. The molecule has 3 aromatic rings. The van der Waals surface area contributed by atoms with Gasteiger partial charge in [-0.1, -0.05) is 37.3 Å². The summed E-state index contributed by atoms with van der Waals surface area (Å²) in [6.45, 7) is 2.49. The number of benzene rings is 1. The fraction of sp³-hybridized carbons (Fsp3) is 0.261. The van der Waals surface area contributed by atoms with Crippen LogP contribution in [0.2, 0.25) is 0 Å². The van der Waals surface area contributed by atoms with Crippen molar-refractivity contribution in [2.45, 2.75) is 32.8 Å². The number of rotatable bonds is 9. The van der Waals surface area contributed by atoms with E-state index in [1.54, 1.807) is 24.7 Å². The van der Waals surface area contributed by atoms with Crippen molar-refractivity contribution in [2.24, 2.45) is 5.92 Å². The minimum atomic E-state index is -0.0481. The highest BCUT2D eigenvalue weighted by molar-refractivity contribution is 5.91. The number of carbonyl (C=O) groups is 1. The van der Waals surface area contributed by atoms with E-state index in [1.165, 1.54) is 5.56 Å². The zero-order valence-corrected chi connectivity index (χ0v) is 16.0. The van der Waals surface area contributed by atoms with Crippen LogP contribution in [0.4, 0.5) is 5.82 Å². The Kier molecular flexibility index (Phi) is 7.13. The fourth-order valence-corrected chi connectivity index (χ4v) is 2.90. The van der Waals surface area contributed by atoms with Crippen molar-refractivity contribution in [1.29, 1.82) is 0 Å². The summed E-state index contributed by atoms with van der Waals surface area (Å²) in [7, 11) is 0. The molecule has 0 aliphatic carbocycles. The topological polar surface area (TPSA) is 64.1 Å². The van der Waals surface area contributed by atoms with Crippen molar-refractivity contribution < 1.29 is 9.53 Å². The zero-order valence-electron chi connectivity index (χ0n) is 16.0. The van der Waals surface area contributed by atoms with Gasteiger partial charge in [0.15, 0.2) is 11.6 Å². The number of hydrogen-bond donors (Lipinski definition) is 1. The Hall–Kier alpha value is -3.21. The lowest BCUT2D eigenvalue weighted by Gasteiger charge is -2.14. The number of anilines is 1. The molecule has 0 saturated heterocycles. The molecule has 0 fully saturated rings. The summed E-state index contributed by atoms with van der Waals surface area (Å²) in [4.78, 5) is 20.7. The Morgan fingerprint density at radius 2 is 1.79 bits per heavy atom. The number of ether oxygens (including phenoxy) is 1. The Morgan fingerprint density at radius 1 is 1.00 bits per heavy atom. The number of nitrogens with one attached hydrogen (secondary N) is 1. The molecule has 3 rings (SSSR count). The van der Waals surface area contributed by atoms with Gasteiger partial charge < -0.3 is 10.1 Å². The number of hydrogen-bond acceptors (Lipinski definition) is 4. The monoisotopic (exact) mass is 375 g/mol. The van der Waals surface area contributed by atoms with E-state index in [0.29, 0.717) is 24.6 Å². The summed E-state index contributed by atoms with van der Waals surface area (Å²) in [6, 6.07) is 17.7. The summed E-state index contributed by atoms with van der Waals surface area (Å²) in [6.07, 6.45) is 7.48. The summed E-state index contributed by atoms with van der Waals surface area (Å²) in [5, 5.41) is 2.89. The van der Waals surface area contributed by atoms with Gasteiger partial charge in [-0.25, -0.2) is 4.98 Å². The van der Waals surface area contributed by atoms with E-state index < -0.39 is 0 Å². The zero-order chi connectivity index (χ0) is 19.6. The van der Waals surface area contributed by atoms with Gasteiger partial charge in [-0.05, 0) is 54.2 Å². The van der Waals surface area contributed by atoms with Crippen molar-refractivity contribution in [3.05, 3.63) is 84.3 Å². The second kappa shape index (κ2) is 10.2. The average Bonchev–Trinajstić information content (AvgIpc) is 2.73. The van der Waals surface area contributed by atoms with Crippen LogP contribution in [0.1, 0.15) is 30.9 Å². The normalized spacial score (nSPS) is 11.6. The number of pyridine rings is 2. The third kappa shape index (κ3) is 6.20. The molecule has 0 saturated carbocycles. The number of carbonyl (C=O) groups excluding carboxylic acids is 1. The average molecular weight is 375 g/mol. The molecule has 0 radical (unpaired) electrons. The lowest BCUT2D eigenvalue weighted by molar-refractivity contribution is -0.117. The van der Waals surface area contributed by atoms with Gasteiger partial charge in [-0.15, -0.1) is 0 Å². The smallest absolute Gasteiger partial charge is 0.225 e. The molecule has 28 heavy (non-hydrogen) atoms. The predicted octanol–water partition coefficient (Wildman–Crippen LogP) is 4.65. The Morgan fingerprint density at radius 3 is 2.57 bits per heavy atom. The molecule has 2 aromatic heterocycles. The van der Waals surface area contributed by atoms with Crippen LogP contribution in [0.25, 0.3) is 0 Å². The molecular formula is C23H25N3O2. The molecule has 1 aromatic carbocycles. The van der Waals surface area contributed by atoms with Crippen molar-refractivity contribution in [1.82, 2.24) is 9.97 Å². The molecule has 0 aliphatic rings. The molecule has 0 aliphatic heterocycles. The van der Waals surface area contributed by atoms with Crippen molar-refractivity contribution in [3.63, 3.8) is 0 Å². The van der Waals surface area contributed by atoms with Crippen LogP contribution in [0, 0.1) is 5.92 Å². The summed E-state index contributed by atoms with van der Waals surface area (Å²) in [5.41, 5.74) is 2.30. The quantitative estimate of drug-likeness (QED) is 0.591. The molecule has 0 spiro atoms. The van der Waals surface area contributed by atoms with E-state index in [-0.39, 0.29) is 11.8 Å². The van der Waals surface area contributed by atoms with Crippen LogP contribution in [0.5, 0.6) is 5.75 Å². The standard InChI is InChI=1S/C23H25N3O2/c1-18(9-10-19-6-3-2-4-7-19)16-22(27)26-23-21(8-5-13-25-23)28-17-20-11-14-24-15-12-20/h2-8,11-15,18H,9-10,16-17H2,1H3,(H,25,26,27). The van der Waals surface area contributed by atoms with Crippen molar-refractivity contribution in [3.8, 4) is 5.75 Å². The van der Waals surface area contributed by atoms with Gasteiger partial charge in [-0.2, -0.15) is 0 Å². The molecule has 1 unspecified atom stereocenters. The first-order valence-electron chi connectivity index (χ1n) is 9.51. The van der Waals surface area contributed by atoms with E-state index in [9.17, 15) is 4.79 Å². The summed E-state index contributed by atoms with van der Waals surface area (Å²) in [5.74, 6) is 1.25. The molecule has 5 nitrogen and oxygen atoms in total. The number of amides is 1. The van der Waals surface area contributed by atoms with Crippen LogP contribution in [-0.2, 0) is 17.8 Å². The summed E-state index contributed by atoms with van der Waals surface area (Å²) < 4.78 is 5.83. The minimum Gasteiger partial charge on any atom is -0.485 e. The lowest BCUT2D eigenvalue weighted by atomic mass is 9.98. The number of aromatic nitrogens is 2. The number of aryl methyl sites for hydroxylation is 1. The SMILES string of the molecule is CC(CCc1ccccc1)CC(=O)Nc1ncccc1OCc1ccncc1. The first-order chi connectivity index (χ1) is 13.7. The van der Waals surface area contributed by atoms with Gasteiger partial charge in [0.1, 0.15) is 6.61 Å². The maximum atomic E-state index is 12.4. The maximum absolute atomic E-state index is 12.4. The Labute approximate surface area is 165 Å². The van der Waals surface area contributed by atoms with Crippen LogP contribution in [0.3, 0.4) is 0 Å². The van der Waals surface area contributed by atoms with Crippen LogP contribution in [-0.4, -0.2) is 15.9 Å². The van der Waals surface area contributed by atoms with E-state index in [4.69, 9.17) is 4.74 Å². The lowest BCUT2D eigenvalue weighted by Crippen LogP contribution is -2.17. The van der Waals surface area contributed by atoms with Crippen LogP contribution < -0.4 is 10.1 Å². The van der Waals surface area contributed by atoms with Gasteiger partial charge in [0, 0.05) is 25.0 Å². The van der Waals surface area contributed by atoms with Crippen molar-refractivity contribution >= 4 is 11.7 Å². The molecule has 1 amide bonds. The van der Waals surface area contributed by atoms with E-state index in [1.807, 2.05) is 36.4 Å². The second-order valence-electron chi connectivity index (χ2n) is 6.88. The molecule has 144 valence electrons. The van der Waals surface area contributed by atoms with E-state index >= 15 is 0 Å². The first-order valence-corrected chi connectivity index (χ1v) is 9.51. The fourth-order valence-electron chi connectivity index (χ4n) is 2.90. The first kappa shape index (κ1) is 19.5.